The molecule has 0 saturated heterocycles. The fourth-order valence-electron chi connectivity index (χ4n) is 4.75. The second kappa shape index (κ2) is 18.0. The average Bonchev–Trinajstić information content (AvgIpc) is 3.09. The van der Waals surface area contributed by atoms with Crippen LogP contribution in [0.2, 0.25) is 0 Å². The largest absolute Gasteiger partial charge is 0.490 e. The van der Waals surface area contributed by atoms with E-state index in [9.17, 15) is 22.8 Å². The number of carbonyl (C=O) groups is 3. The van der Waals surface area contributed by atoms with Crippen molar-refractivity contribution in [2.24, 2.45) is 0 Å². The third kappa shape index (κ3) is 12.3. The molecular weight excluding hydrogens is 649 g/mol. The van der Waals surface area contributed by atoms with Crippen LogP contribution in [-0.4, -0.2) is 48.9 Å². The number of carbonyl (C=O) groups excluding carboxylic acids is 2. The molecule has 0 aliphatic rings. The number of aromatic nitrogens is 3. The predicted molar refractivity (Wildman–Crippen MR) is 181 cm³/mol. The number of nitrogens with one attached hydrogen (secondary N) is 2. The lowest BCUT2D eigenvalue weighted by Gasteiger charge is -2.24. The smallest absolute Gasteiger partial charge is 0.475 e. The molecule has 0 unspecified atom stereocenters. The number of benzene rings is 2. The van der Waals surface area contributed by atoms with Crippen LogP contribution in [0.5, 0.6) is 0 Å². The molecule has 3 N–H and O–H groups in total. The molecule has 2 amide bonds. The van der Waals surface area contributed by atoms with Gasteiger partial charge in [0, 0.05) is 75.3 Å². The van der Waals surface area contributed by atoms with E-state index >= 15 is 0 Å². The second-order valence-corrected chi connectivity index (χ2v) is 11.2. The molecule has 0 aliphatic carbocycles. The van der Waals surface area contributed by atoms with Gasteiger partial charge in [0.2, 0.25) is 11.8 Å². The topological polar surface area (TPSA) is 137 Å². The number of nitrogens with zero attached hydrogens (tertiary/aromatic N) is 4. The summed E-state index contributed by atoms with van der Waals surface area (Å²) in [5.41, 5.74) is 7.66. The van der Waals surface area contributed by atoms with Crippen LogP contribution in [0.25, 0.3) is 11.3 Å². The molecule has 3 aromatic heterocycles. The minimum atomic E-state index is -5.08. The standard InChI is InChI=1S/C35H34N6O2.C2HF3O2/c1-26(42)40-33-8-2-5-29(17-33)25-41(35(43)18-28-6-3-15-36-19-28)24-27-9-12-32(13-10-27)34-14-11-31(23-39-34)22-38-21-30-7-4-16-37-20-30;3-2(4,5)1(6)7/h2-17,19-20,23,38H,18,21-22,24-25H2,1H3,(H,40,42);(H,6,7). The molecule has 5 rings (SSSR count). The van der Waals surface area contributed by atoms with Crippen LogP contribution < -0.4 is 10.6 Å². The van der Waals surface area contributed by atoms with Gasteiger partial charge >= 0.3 is 12.1 Å². The fraction of sp³-hybridized carbons (Fsp3) is 0.189. The zero-order chi connectivity index (χ0) is 35.9. The van der Waals surface area contributed by atoms with Crippen molar-refractivity contribution < 1.29 is 32.7 Å². The number of hydrogen-bond donors (Lipinski definition) is 3. The average molecular weight is 685 g/mol. The number of carboxylic acids is 1. The Labute approximate surface area is 287 Å². The van der Waals surface area contributed by atoms with Crippen LogP contribution in [0.4, 0.5) is 18.9 Å². The summed E-state index contributed by atoms with van der Waals surface area (Å²) in [5.74, 6) is -2.90. The Morgan fingerprint density at radius 1 is 0.740 bits per heavy atom. The van der Waals surface area contributed by atoms with Crippen molar-refractivity contribution in [1.82, 2.24) is 25.2 Å². The van der Waals surface area contributed by atoms with Crippen LogP contribution in [-0.2, 0) is 47.0 Å². The van der Waals surface area contributed by atoms with Gasteiger partial charge in [0.25, 0.3) is 0 Å². The second-order valence-electron chi connectivity index (χ2n) is 11.2. The van der Waals surface area contributed by atoms with Crippen molar-refractivity contribution in [3.63, 3.8) is 0 Å². The number of anilines is 1. The van der Waals surface area contributed by atoms with E-state index in [2.05, 4.69) is 31.7 Å². The van der Waals surface area contributed by atoms with Crippen LogP contribution in [0, 0.1) is 0 Å². The molecule has 5 aromatic rings. The highest BCUT2D eigenvalue weighted by Crippen LogP contribution is 2.21. The maximum atomic E-state index is 13.5. The van der Waals surface area contributed by atoms with Gasteiger partial charge in [-0.25, -0.2) is 4.79 Å². The summed E-state index contributed by atoms with van der Waals surface area (Å²) in [6.45, 7) is 3.80. The number of carboxylic acid groups (broad SMARTS) is 1. The molecule has 0 spiro atoms. The summed E-state index contributed by atoms with van der Waals surface area (Å²) in [6.07, 6.45) is 4.12. The summed E-state index contributed by atoms with van der Waals surface area (Å²) < 4.78 is 31.7. The first-order chi connectivity index (χ1) is 24.0. The first-order valence-corrected chi connectivity index (χ1v) is 15.4. The molecule has 0 radical (unpaired) electrons. The Hall–Kier alpha value is -5.95. The van der Waals surface area contributed by atoms with Gasteiger partial charge in [-0.2, -0.15) is 13.2 Å². The van der Waals surface area contributed by atoms with Crippen molar-refractivity contribution in [3.05, 3.63) is 144 Å². The Morgan fingerprint density at radius 3 is 1.88 bits per heavy atom. The maximum Gasteiger partial charge on any atom is 0.490 e. The lowest BCUT2D eigenvalue weighted by molar-refractivity contribution is -0.192. The van der Waals surface area contributed by atoms with E-state index in [0.29, 0.717) is 18.8 Å². The van der Waals surface area contributed by atoms with Gasteiger partial charge < -0.3 is 20.6 Å². The van der Waals surface area contributed by atoms with E-state index in [1.807, 2.05) is 96.2 Å². The van der Waals surface area contributed by atoms with Gasteiger partial charge in [-0.1, -0.05) is 54.6 Å². The lowest BCUT2D eigenvalue weighted by atomic mass is 10.1. The van der Waals surface area contributed by atoms with E-state index in [-0.39, 0.29) is 18.2 Å². The molecule has 0 fully saturated rings. The summed E-state index contributed by atoms with van der Waals surface area (Å²) in [7, 11) is 0. The third-order valence-electron chi connectivity index (χ3n) is 7.12. The molecule has 0 bridgehead atoms. The number of aliphatic carboxylic acids is 1. The first-order valence-electron chi connectivity index (χ1n) is 15.4. The predicted octanol–water partition coefficient (Wildman–Crippen LogP) is 6.19. The first kappa shape index (κ1) is 36.9. The monoisotopic (exact) mass is 684 g/mol. The fourth-order valence-corrected chi connectivity index (χ4v) is 4.75. The summed E-state index contributed by atoms with van der Waals surface area (Å²) in [6, 6.07) is 27.6. The van der Waals surface area contributed by atoms with Crippen molar-refractivity contribution in [2.75, 3.05) is 5.32 Å². The van der Waals surface area contributed by atoms with E-state index in [4.69, 9.17) is 9.90 Å². The SMILES string of the molecule is CC(=O)Nc1cccc(CN(Cc2ccc(-c3ccc(CNCc4cccnc4)cn3)cc2)C(=O)Cc2cccnc2)c1.O=C(O)C(F)(F)F. The lowest BCUT2D eigenvalue weighted by Crippen LogP contribution is -2.31. The van der Waals surface area contributed by atoms with Gasteiger partial charge in [0.1, 0.15) is 0 Å². The number of amides is 2. The van der Waals surface area contributed by atoms with Gasteiger partial charge in [0.15, 0.2) is 0 Å². The van der Waals surface area contributed by atoms with E-state index in [1.54, 1.807) is 18.6 Å². The number of halogens is 3. The minimum Gasteiger partial charge on any atom is -0.475 e. The number of rotatable bonds is 12. The zero-order valence-electron chi connectivity index (χ0n) is 27.1. The zero-order valence-corrected chi connectivity index (χ0v) is 27.1. The maximum absolute atomic E-state index is 13.5. The summed E-state index contributed by atoms with van der Waals surface area (Å²) in [4.78, 5) is 48.7. The van der Waals surface area contributed by atoms with Crippen molar-refractivity contribution in [1.29, 1.82) is 0 Å². The Morgan fingerprint density at radius 2 is 1.32 bits per heavy atom. The van der Waals surface area contributed by atoms with Crippen molar-refractivity contribution in [3.8, 4) is 11.3 Å². The highest BCUT2D eigenvalue weighted by atomic mass is 19.4. The molecule has 2 aromatic carbocycles. The Balaban J connectivity index is 0.000000727. The summed E-state index contributed by atoms with van der Waals surface area (Å²) in [5, 5.41) is 13.4. The molecule has 3 heterocycles. The van der Waals surface area contributed by atoms with E-state index in [1.165, 1.54) is 6.92 Å². The molecule has 10 nitrogen and oxygen atoms in total. The molecule has 50 heavy (non-hydrogen) atoms. The van der Waals surface area contributed by atoms with Crippen LogP contribution in [0.1, 0.15) is 34.7 Å². The van der Waals surface area contributed by atoms with Crippen LogP contribution >= 0.6 is 0 Å². The highest BCUT2D eigenvalue weighted by molar-refractivity contribution is 5.88. The van der Waals surface area contributed by atoms with Crippen molar-refractivity contribution in [2.45, 2.75) is 45.7 Å². The number of hydrogen-bond acceptors (Lipinski definition) is 7. The van der Waals surface area contributed by atoms with E-state index in [0.717, 1.165) is 52.2 Å². The number of pyridine rings is 3. The van der Waals surface area contributed by atoms with Crippen LogP contribution in [0.3, 0.4) is 0 Å². The normalized spacial score (nSPS) is 10.8. The summed E-state index contributed by atoms with van der Waals surface area (Å²) >= 11 is 0. The highest BCUT2D eigenvalue weighted by Gasteiger charge is 2.38. The van der Waals surface area contributed by atoms with Crippen LogP contribution in [0.15, 0.2) is 116 Å². The van der Waals surface area contributed by atoms with Crippen molar-refractivity contribution >= 4 is 23.5 Å². The van der Waals surface area contributed by atoms with Gasteiger partial charge in [-0.05, 0) is 58.1 Å². The minimum absolute atomic E-state index is 0.00333. The molecule has 0 aliphatic heterocycles. The third-order valence-corrected chi connectivity index (χ3v) is 7.12. The number of alkyl halides is 3. The molecule has 13 heteroatoms. The Kier molecular flexibility index (Phi) is 13.3. The molecule has 0 saturated carbocycles. The van der Waals surface area contributed by atoms with Gasteiger partial charge in [-0.3, -0.25) is 24.5 Å². The molecular formula is C37H35F3N6O4. The quantitative estimate of drug-likeness (QED) is 0.142. The van der Waals surface area contributed by atoms with Gasteiger partial charge in [0.05, 0.1) is 12.1 Å². The van der Waals surface area contributed by atoms with E-state index < -0.39 is 12.1 Å². The molecule has 258 valence electrons. The van der Waals surface area contributed by atoms with Gasteiger partial charge in [-0.15, -0.1) is 0 Å². The Bertz CT molecular complexity index is 1840. The molecule has 0 atom stereocenters.